The van der Waals surface area contributed by atoms with Crippen molar-refractivity contribution in [1.82, 2.24) is 9.80 Å². The standard InChI is InChI=1S/C17H28N2O3/c1-13(2)11-18-6-8-19(9-7-18)15(12-20)14-4-5-16(21)17(10-14)22-3/h4-5,10,13,15,20-21H,6-9,11-12H2,1-3H3. The first-order chi connectivity index (χ1) is 10.5. The number of hydrogen-bond acceptors (Lipinski definition) is 5. The largest absolute Gasteiger partial charge is 0.504 e. The molecule has 0 aromatic heterocycles. The highest BCUT2D eigenvalue weighted by Gasteiger charge is 2.25. The third-order valence-corrected chi connectivity index (χ3v) is 4.23. The third-order valence-electron chi connectivity index (χ3n) is 4.23. The molecule has 1 fully saturated rings. The van der Waals surface area contributed by atoms with E-state index >= 15 is 0 Å². The molecule has 0 spiro atoms. The summed E-state index contributed by atoms with van der Waals surface area (Å²) in [5.74, 6) is 1.26. The van der Waals surface area contributed by atoms with Crippen molar-refractivity contribution in [3.63, 3.8) is 0 Å². The van der Waals surface area contributed by atoms with Crippen LogP contribution < -0.4 is 4.74 Å². The molecule has 0 amide bonds. The first-order valence-electron chi connectivity index (χ1n) is 7.99. The summed E-state index contributed by atoms with van der Waals surface area (Å²) in [7, 11) is 1.54. The summed E-state index contributed by atoms with van der Waals surface area (Å²) in [5, 5.41) is 19.5. The molecule has 2 rings (SSSR count). The molecular formula is C17H28N2O3. The molecule has 124 valence electrons. The maximum absolute atomic E-state index is 9.82. The quantitative estimate of drug-likeness (QED) is 0.838. The van der Waals surface area contributed by atoms with E-state index in [1.54, 1.807) is 6.07 Å². The van der Waals surface area contributed by atoms with E-state index < -0.39 is 0 Å². The summed E-state index contributed by atoms with van der Waals surface area (Å²) in [6, 6.07) is 5.26. The van der Waals surface area contributed by atoms with Crippen molar-refractivity contribution in [2.75, 3.05) is 46.4 Å². The number of hydrogen-bond donors (Lipinski definition) is 2. The number of nitrogens with zero attached hydrogens (tertiary/aromatic N) is 2. The van der Waals surface area contributed by atoms with Gasteiger partial charge in [0.25, 0.3) is 0 Å². The molecule has 0 aliphatic carbocycles. The molecular weight excluding hydrogens is 280 g/mol. The fourth-order valence-electron chi connectivity index (χ4n) is 3.11. The van der Waals surface area contributed by atoms with E-state index in [1.807, 2.05) is 12.1 Å². The van der Waals surface area contributed by atoms with Crippen LogP contribution in [-0.4, -0.2) is 66.5 Å². The Labute approximate surface area is 133 Å². The molecule has 1 aliphatic rings. The summed E-state index contributed by atoms with van der Waals surface area (Å²) in [6.07, 6.45) is 0. The Bertz CT molecular complexity index is 471. The van der Waals surface area contributed by atoms with Gasteiger partial charge in [0.1, 0.15) is 0 Å². The number of aromatic hydroxyl groups is 1. The second-order valence-electron chi connectivity index (χ2n) is 6.36. The summed E-state index contributed by atoms with van der Waals surface area (Å²) >= 11 is 0. The lowest BCUT2D eigenvalue weighted by atomic mass is 10.0. The zero-order chi connectivity index (χ0) is 16.1. The Hall–Kier alpha value is -1.30. The van der Waals surface area contributed by atoms with Gasteiger partial charge in [0, 0.05) is 32.7 Å². The molecule has 1 aromatic rings. The van der Waals surface area contributed by atoms with Crippen molar-refractivity contribution in [2.45, 2.75) is 19.9 Å². The molecule has 0 saturated carbocycles. The highest BCUT2D eigenvalue weighted by Crippen LogP contribution is 2.31. The van der Waals surface area contributed by atoms with Crippen LogP contribution in [0.5, 0.6) is 11.5 Å². The number of rotatable bonds is 6. The van der Waals surface area contributed by atoms with E-state index in [0.717, 1.165) is 38.3 Å². The average molecular weight is 308 g/mol. The maximum atomic E-state index is 9.82. The lowest BCUT2D eigenvalue weighted by Gasteiger charge is -2.39. The van der Waals surface area contributed by atoms with Gasteiger partial charge in [0.2, 0.25) is 0 Å². The summed E-state index contributed by atoms with van der Waals surface area (Å²) in [5.41, 5.74) is 0.981. The van der Waals surface area contributed by atoms with Crippen molar-refractivity contribution < 1.29 is 14.9 Å². The molecule has 0 radical (unpaired) electrons. The molecule has 2 N–H and O–H groups in total. The number of aliphatic hydroxyl groups excluding tert-OH is 1. The zero-order valence-corrected chi connectivity index (χ0v) is 13.8. The molecule has 1 atom stereocenters. The highest BCUT2D eigenvalue weighted by atomic mass is 16.5. The topological polar surface area (TPSA) is 56.2 Å². The minimum Gasteiger partial charge on any atom is -0.504 e. The minimum absolute atomic E-state index is 0.0456. The smallest absolute Gasteiger partial charge is 0.160 e. The maximum Gasteiger partial charge on any atom is 0.160 e. The van der Waals surface area contributed by atoms with Crippen LogP contribution >= 0.6 is 0 Å². The molecule has 1 heterocycles. The van der Waals surface area contributed by atoms with Gasteiger partial charge in [-0.2, -0.15) is 0 Å². The normalized spacial score (nSPS) is 18.6. The Morgan fingerprint density at radius 3 is 2.41 bits per heavy atom. The van der Waals surface area contributed by atoms with Gasteiger partial charge >= 0.3 is 0 Å². The SMILES string of the molecule is COc1cc(C(CO)N2CCN(CC(C)C)CC2)ccc1O. The van der Waals surface area contributed by atoms with E-state index in [1.165, 1.54) is 7.11 Å². The number of phenolic OH excluding ortho intramolecular Hbond substituents is 1. The van der Waals surface area contributed by atoms with Crippen molar-refractivity contribution in [3.8, 4) is 11.5 Å². The van der Waals surface area contributed by atoms with Crippen LogP contribution in [0.25, 0.3) is 0 Å². The van der Waals surface area contributed by atoms with Crippen LogP contribution in [0, 0.1) is 5.92 Å². The van der Waals surface area contributed by atoms with Crippen molar-refractivity contribution in [1.29, 1.82) is 0 Å². The van der Waals surface area contributed by atoms with Gasteiger partial charge in [0.15, 0.2) is 11.5 Å². The van der Waals surface area contributed by atoms with Gasteiger partial charge in [0.05, 0.1) is 19.8 Å². The van der Waals surface area contributed by atoms with E-state index in [4.69, 9.17) is 4.74 Å². The fraction of sp³-hybridized carbons (Fsp3) is 0.647. The van der Waals surface area contributed by atoms with E-state index in [9.17, 15) is 10.2 Å². The second-order valence-corrected chi connectivity index (χ2v) is 6.36. The lowest BCUT2D eigenvalue weighted by Crippen LogP contribution is -2.49. The Kier molecular flexibility index (Phi) is 6.06. The summed E-state index contributed by atoms with van der Waals surface area (Å²) < 4.78 is 5.17. The van der Waals surface area contributed by atoms with Crippen molar-refractivity contribution in [3.05, 3.63) is 23.8 Å². The predicted molar refractivity (Wildman–Crippen MR) is 87.3 cm³/mol. The number of piperazine rings is 1. The van der Waals surface area contributed by atoms with Crippen LogP contribution in [0.3, 0.4) is 0 Å². The summed E-state index contributed by atoms with van der Waals surface area (Å²) in [4.78, 5) is 4.79. The minimum atomic E-state index is -0.0456. The van der Waals surface area contributed by atoms with Gasteiger partial charge in [-0.15, -0.1) is 0 Å². The Morgan fingerprint density at radius 1 is 1.18 bits per heavy atom. The number of benzene rings is 1. The van der Waals surface area contributed by atoms with Crippen LogP contribution in [0.2, 0.25) is 0 Å². The number of aliphatic hydroxyl groups is 1. The van der Waals surface area contributed by atoms with Gasteiger partial charge < -0.3 is 19.8 Å². The Balaban J connectivity index is 2.03. The highest BCUT2D eigenvalue weighted by molar-refractivity contribution is 5.42. The molecule has 5 nitrogen and oxygen atoms in total. The van der Waals surface area contributed by atoms with Gasteiger partial charge in [-0.3, -0.25) is 4.90 Å². The molecule has 1 unspecified atom stereocenters. The second kappa shape index (κ2) is 7.81. The molecule has 5 heteroatoms. The number of ether oxygens (including phenoxy) is 1. The predicted octanol–water partition coefficient (Wildman–Crippen LogP) is 1.71. The van der Waals surface area contributed by atoms with Crippen LogP contribution in [0.1, 0.15) is 25.5 Å². The zero-order valence-electron chi connectivity index (χ0n) is 13.8. The molecule has 1 aromatic carbocycles. The van der Waals surface area contributed by atoms with E-state index in [-0.39, 0.29) is 18.4 Å². The van der Waals surface area contributed by atoms with Crippen molar-refractivity contribution in [2.24, 2.45) is 5.92 Å². The first-order valence-corrected chi connectivity index (χ1v) is 7.99. The Morgan fingerprint density at radius 2 is 1.86 bits per heavy atom. The monoisotopic (exact) mass is 308 g/mol. The molecule has 0 bridgehead atoms. The van der Waals surface area contributed by atoms with Crippen LogP contribution in [-0.2, 0) is 0 Å². The van der Waals surface area contributed by atoms with E-state index in [0.29, 0.717) is 11.7 Å². The van der Waals surface area contributed by atoms with Crippen molar-refractivity contribution >= 4 is 0 Å². The first kappa shape index (κ1) is 17.1. The summed E-state index contributed by atoms with van der Waals surface area (Å²) in [6.45, 7) is 9.64. The van der Waals surface area contributed by atoms with Crippen LogP contribution in [0.15, 0.2) is 18.2 Å². The molecule has 1 aliphatic heterocycles. The average Bonchev–Trinajstić information content (AvgIpc) is 2.50. The number of phenols is 1. The molecule has 1 saturated heterocycles. The van der Waals surface area contributed by atoms with Crippen LogP contribution in [0.4, 0.5) is 0 Å². The van der Waals surface area contributed by atoms with Gasteiger partial charge in [-0.25, -0.2) is 0 Å². The molecule has 22 heavy (non-hydrogen) atoms. The van der Waals surface area contributed by atoms with Gasteiger partial charge in [-0.1, -0.05) is 19.9 Å². The van der Waals surface area contributed by atoms with Gasteiger partial charge in [-0.05, 0) is 23.6 Å². The van der Waals surface area contributed by atoms with E-state index in [2.05, 4.69) is 23.6 Å². The fourth-order valence-corrected chi connectivity index (χ4v) is 3.11. The number of methoxy groups -OCH3 is 1. The lowest BCUT2D eigenvalue weighted by molar-refractivity contribution is 0.0605. The third kappa shape index (κ3) is 4.12.